The van der Waals surface area contributed by atoms with Crippen LogP contribution < -0.4 is 15.4 Å². The van der Waals surface area contributed by atoms with E-state index in [1.54, 1.807) is 48.5 Å². The van der Waals surface area contributed by atoms with Crippen molar-refractivity contribution in [2.75, 3.05) is 17.2 Å². The molecule has 1 aliphatic carbocycles. The lowest BCUT2D eigenvalue weighted by atomic mass is 10.2. The molecule has 2 aromatic carbocycles. The number of amides is 2. The number of hydrogen-bond donors (Lipinski definition) is 2. The van der Waals surface area contributed by atoms with Crippen molar-refractivity contribution in [2.45, 2.75) is 32.8 Å². The fourth-order valence-corrected chi connectivity index (χ4v) is 2.61. The molecule has 1 saturated carbocycles. The fraction of sp³-hybridized carbons (Fsp3) is 0.318. The summed E-state index contributed by atoms with van der Waals surface area (Å²) in [6.07, 6.45) is 0.878. The number of carbonyl (C=O) groups is 3. The van der Waals surface area contributed by atoms with Gasteiger partial charge < -0.3 is 20.1 Å². The number of rotatable bonds is 8. The molecular formula is C22H24N2O5. The van der Waals surface area contributed by atoms with Gasteiger partial charge >= 0.3 is 5.97 Å². The lowest BCUT2D eigenvalue weighted by molar-refractivity contribution is -0.123. The molecule has 3 rings (SSSR count). The normalized spacial score (nSPS) is 13.9. The van der Waals surface area contributed by atoms with Crippen LogP contribution in [0.25, 0.3) is 0 Å². The Kier molecular flexibility index (Phi) is 6.49. The highest BCUT2D eigenvalue weighted by atomic mass is 16.5. The standard InChI is InChI=1S/C22H24N2O5/c1-3-28-19-12-10-18(11-13-19)23-20(25)14(2)29-22(27)16-6-8-17(9-7-16)24-21(26)15-4-5-15/h6-15H,3-5H2,1-2H3,(H,23,25)(H,24,26). The van der Waals surface area contributed by atoms with Crippen LogP contribution in [0.4, 0.5) is 11.4 Å². The van der Waals surface area contributed by atoms with Gasteiger partial charge in [-0.15, -0.1) is 0 Å². The van der Waals surface area contributed by atoms with Gasteiger partial charge in [0.05, 0.1) is 12.2 Å². The highest BCUT2D eigenvalue weighted by Crippen LogP contribution is 2.30. The molecule has 0 aliphatic heterocycles. The third-order valence-electron chi connectivity index (χ3n) is 4.42. The van der Waals surface area contributed by atoms with Crippen LogP contribution in [0.5, 0.6) is 5.75 Å². The van der Waals surface area contributed by atoms with E-state index >= 15 is 0 Å². The highest BCUT2D eigenvalue weighted by Gasteiger charge is 2.29. The Balaban J connectivity index is 1.50. The van der Waals surface area contributed by atoms with Crippen LogP contribution in [0.1, 0.15) is 37.0 Å². The van der Waals surface area contributed by atoms with Crippen LogP contribution in [-0.4, -0.2) is 30.5 Å². The Hall–Kier alpha value is -3.35. The second kappa shape index (κ2) is 9.23. The lowest BCUT2D eigenvalue weighted by Crippen LogP contribution is -2.30. The van der Waals surface area contributed by atoms with Crippen molar-refractivity contribution in [1.29, 1.82) is 0 Å². The minimum atomic E-state index is -0.969. The molecule has 2 amide bonds. The van der Waals surface area contributed by atoms with Crippen molar-refractivity contribution in [3.63, 3.8) is 0 Å². The number of esters is 1. The molecule has 7 heteroatoms. The molecule has 0 spiro atoms. The number of carbonyl (C=O) groups excluding carboxylic acids is 3. The van der Waals surface area contributed by atoms with Crippen molar-refractivity contribution in [1.82, 2.24) is 0 Å². The first-order valence-corrected chi connectivity index (χ1v) is 9.62. The summed E-state index contributed by atoms with van der Waals surface area (Å²) in [5.41, 5.74) is 1.51. The van der Waals surface area contributed by atoms with Crippen LogP contribution >= 0.6 is 0 Å². The van der Waals surface area contributed by atoms with Crippen LogP contribution in [0.2, 0.25) is 0 Å². The van der Waals surface area contributed by atoms with Gasteiger partial charge in [-0.05, 0) is 75.2 Å². The predicted octanol–water partition coefficient (Wildman–Crippen LogP) is 3.62. The summed E-state index contributed by atoms with van der Waals surface area (Å²) in [5, 5.41) is 5.50. The van der Waals surface area contributed by atoms with E-state index in [9.17, 15) is 14.4 Å². The molecular weight excluding hydrogens is 372 g/mol. The van der Waals surface area contributed by atoms with Gasteiger partial charge in [0.25, 0.3) is 5.91 Å². The zero-order valence-electron chi connectivity index (χ0n) is 16.4. The Morgan fingerprint density at radius 2 is 1.55 bits per heavy atom. The third-order valence-corrected chi connectivity index (χ3v) is 4.42. The van der Waals surface area contributed by atoms with Crippen molar-refractivity contribution in [3.8, 4) is 5.75 Å². The van der Waals surface area contributed by atoms with Crippen molar-refractivity contribution < 1.29 is 23.9 Å². The molecule has 0 radical (unpaired) electrons. The first-order chi connectivity index (χ1) is 14.0. The van der Waals surface area contributed by atoms with Gasteiger partial charge in [-0.25, -0.2) is 4.79 Å². The highest BCUT2D eigenvalue weighted by molar-refractivity contribution is 5.98. The molecule has 0 bridgehead atoms. The van der Waals surface area contributed by atoms with Crippen molar-refractivity contribution in [2.24, 2.45) is 5.92 Å². The van der Waals surface area contributed by atoms with Crippen LogP contribution in [0, 0.1) is 5.92 Å². The SMILES string of the molecule is CCOc1ccc(NC(=O)C(C)OC(=O)c2ccc(NC(=O)C3CC3)cc2)cc1. The molecule has 2 N–H and O–H groups in total. The Bertz CT molecular complexity index is 873. The Morgan fingerprint density at radius 1 is 0.966 bits per heavy atom. The second-order valence-corrected chi connectivity index (χ2v) is 6.84. The zero-order valence-corrected chi connectivity index (χ0v) is 16.4. The number of benzene rings is 2. The maximum atomic E-state index is 12.3. The average molecular weight is 396 g/mol. The maximum Gasteiger partial charge on any atom is 0.338 e. The van der Waals surface area contributed by atoms with Crippen LogP contribution in [0.15, 0.2) is 48.5 Å². The van der Waals surface area contributed by atoms with Gasteiger partial charge in [-0.2, -0.15) is 0 Å². The summed E-state index contributed by atoms with van der Waals surface area (Å²) < 4.78 is 10.6. The topological polar surface area (TPSA) is 93.7 Å². The van der Waals surface area contributed by atoms with Gasteiger partial charge in [0, 0.05) is 17.3 Å². The van der Waals surface area contributed by atoms with Gasteiger partial charge in [0.2, 0.25) is 5.91 Å². The molecule has 1 aliphatic rings. The number of nitrogens with one attached hydrogen (secondary N) is 2. The summed E-state index contributed by atoms with van der Waals surface area (Å²) >= 11 is 0. The van der Waals surface area contributed by atoms with Crippen molar-refractivity contribution >= 4 is 29.2 Å². The summed E-state index contributed by atoms with van der Waals surface area (Å²) in [6, 6.07) is 13.3. The van der Waals surface area contributed by atoms with E-state index in [1.807, 2.05) is 6.92 Å². The van der Waals surface area contributed by atoms with E-state index in [2.05, 4.69) is 10.6 Å². The maximum absolute atomic E-state index is 12.3. The number of anilines is 2. The number of hydrogen-bond acceptors (Lipinski definition) is 5. The monoisotopic (exact) mass is 396 g/mol. The molecule has 0 saturated heterocycles. The van der Waals surface area contributed by atoms with Gasteiger partial charge in [0.15, 0.2) is 6.10 Å². The van der Waals surface area contributed by atoms with E-state index in [0.717, 1.165) is 12.8 Å². The van der Waals surface area contributed by atoms with E-state index in [4.69, 9.17) is 9.47 Å². The van der Waals surface area contributed by atoms with Crippen LogP contribution in [-0.2, 0) is 14.3 Å². The molecule has 0 aromatic heterocycles. The zero-order chi connectivity index (χ0) is 20.8. The fourth-order valence-electron chi connectivity index (χ4n) is 2.61. The third kappa shape index (κ3) is 5.81. The van der Waals surface area contributed by atoms with Gasteiger partial charge in [-0.3, -0.25) is 9.59 Å². The minimum Gasteiger partial charge on any atom is -0.494 e. The molecule has 7 nitrogen and oxygen atoms in total. The van der Waals surface area contributed by atoms with E-state index in [0.29, 0.717) is 29.3 Å². The van der Waals surface area contributed by atoms with Gasteiger partial charge in [-0.1, -0.05) is 0 Å². The first-order valence-electron chi connectivity index (χ1n) is 9.62. The van der Waals surface area contributed by atoms with Gasteiger partial charge in [0.1, 0.15) is 5.75 Å². The molecule has 1 unspecified atom stereocenters. The molecule has 152 valence electrons. The van der Waals surface area contributed by atoms with E-state index in [-0.39, 0.29) is 11.8 Å². The first kappa shape index (κ1) is 20.4. The summed E-state index contributed by atoms with van der Waals surface area (Å²) in [4.78, 5) is 36.3. The molecule has 2 aromatic rings. The second-order valence-electron chi connectivity index (χ2n) is 6.84. The van der Waals surface area contributed by atoms with E-state index < -0.39 is 18.0 Å². The van der Waals surface area contributed by atoms with Crippen LogP contribution in [0.3, 0.4) is 0 Å². The predicted molar refractivity (Wildman–Crippen MR) is 109 cm³/mol. The smallest absolute Gasteiger partial charge is 0.338 e. The van der Waals surface area contributed by atoms with Crippen molar-refractivity contribution in [3.05, 3.63) is 54.1 Å². The van der Waals surface area contributed by atoms with E-state index in [1.165, 1.54) is 6.92 Å². The molecule has 1 fully saturated rings. The quantitative estimate of drug-likeness (QED) is 0.665. The Morgan fingerprint density at radius 3 is 2.14 bits per heavy atom. The summed E-state index contributed by atoms with van der Waals surface area (Å²) in [5.74, 6) is -0.230. The average Bonchev–Trinajstić information content (AvgIpc) is 3.55. The largest absolute Gasteiger partial charge is 0.494 e. The Labute approximate surface area is 169 Å². The lowest BCUT2D eigenvalue weighted by Gasteiger charge is -2.14. The minimum absolute atomic E-state index is 0.0000841. The summed E-state index contributed by atoms with van der Waals surface area (Å²) in [6.45, 7) is 3.96. The number of ether oxygens (including phenoxy) is 2. The summed E-state index contributed by atoms with van der Waals surface area (Å²) in [7, 11) is 0. The molecule has 1 atom stereocenters. The molecule has 0 heterocycles. The molecule has 29 heavy (non-hydrogen) atoms.